The van der Waals surface area contributed by atoms with Crippen LogP contribution in [-0.4, -0.2) is 33.2 Å². The van der Waals surface area contributed by atoms with Gasteiger partial charge in [0, 0.05) is 23.5 Å². The Balaban J connectivity index is 1.77. The zero-order chi connectivity index (χ0) is 22.4. The predicted octanol–water partition coefficient (Wildman–Crippen LogP) is 4.66. The number of halogens is 3. The van der Waals surface area contributed by atoms with Crippen LogP contribution in [0, 0.1) is 0 Å². The molecule has 1 aromatic carbocycles. The van der Waals surface area contributed by atoms with E-state index >= 15 is 0 Å². The molecule has 0 aliphatic rings. The van der Waals surface area contributed by atoms with Gasteiger partial charge in [-0.1, -0.05) is 12.1 Å². The Labute approximate surface area is 176 Å². The molecule has 0 amide bonds. The maximum Gasteiger partial charge on any atom is 0.417 e. The lowest BCUT2D eigenvalue weighted by Gasteiger charge is -2.09. The fourth-order valence-corrected chi connectivity index (χ4v) is 4.11. The van der Waals surface area contributed by atoms with Crippen LogP contribution >= 0.6 is 0 Å². The molecule has 3 heterocycles. The monoisotopic (exact) mass is 446 g/mol. The molecule has 0 radical (unpaired) electrons. The van der Waals surface area contributed by atoms with Crippen molar-refractivity contribution < 1.29 is 21.6 Å². The first-order chi connectivity index (χ1) is 14.6. The number of benzene rings is 1. The fraction of sp³-hybridized carbons (Fsp3) is 0.190. The predicted molar refractivity (Wildman–Crippen MR) is 109 cm³/mol. The summed E-state index contributed by atoms with van der Waals surface area (Å²) in [4.78, 5) is 8.17. The minimum atomic E-state index is -4.51. The molecule has 0 saturated carbocycles. The van der Waals surface area contributed by atoms with Gasteiger partial charge < -0.3 is 0 Å². The Morgan fingerprint density at radius 2 is 1.65 bits per heavy atom. The van der Waals surface area contributed by atoms with Crippen molar-refractivity contribution >= 4 is 15.5 Å². The number of sulfone groups is 1. The highest BCUT2D eigenvalue weighted by atomic mass is 32.2. The maximum atomic E-state index is 13.0. The van der Waals surface area contributed by atoms with Crippen LogP contribution in [0.4, 0.5) is 13.2 Å². The Hall–Kier alpha value is -3.27. The van der Waals surface area contributed by atoms with Gasteiger partial charge in [-0.05, 0) is 44.2 Å². The van der Waals surface area contributed by atoms with Gasteiger partial charge >= 0.3 is 6.18 Å². The van der Waals surface area contributed by atoms with E-state index in [4.69, 9.17) is 0 Å². The lowest BCUT2D eigenvalue weighted by molar-refractivity contribution is -0.137. The molecule has 31 heavy (non-hydrogen) atoms. The molecule has 0 bridgehead atoms. The van der Waals surface area contributed by atoms with E-state index in [1.54, 1.807) is 44.3 Å². The van der Waals surface area contributed by atoms with Crippen LogP contribution in [0.15, 0.2) is 66.0 Å². The van der Waals surface area contributed by atoms with Crippen LogP contribution in [0.5, 0.6) is 0 Å². The van der Waals surface area contributed by atoms with Gasteiger partial charge in [0.15, 0.2) is 15.5 Å². The quantitative estimate of drug-likeness (QED) is 0.456. The molecule has 0 fully saturated rings. The summed E-state index contributed by atoms with van der Waals surface area (Å²) in [6.07, 6.45) is -0.864. The number of pyridine rings is 1. The number of nitrogens with zero attached hydrogens (tertiary/aromatic N) is 4. The van der Waals surface area contributed by atoms with Crippen molar-refractivity contribution in [2.45, 2.75) is 30.2 Å². The van der Waals surface area contributed by atoms with E-state index in [1.165, 1.54) is 22.8 Å². The van der Waals surface area contributed by atoms with Gasteiger partial charge in [-0.3, -0.25) is 4.98 Å². The zero-order valence-electron chi connectivity index (χ0n) is 16.5. The lowest BCUT2D eigenvalue weighted by Crippen LogP contribution is -2.13. The summed E-state index contributed by atoms with van der Waals surface area (Å²) in [6, 6.07) is 10.5. The summed E-state index contributed by atoms with van der Waals surface area (Å²) in [5.74, 6) is 0. The molecule has 0 aliphatic carbocycles. The molecule has 0 saturated heterocycles. The third-order valence-corrected chi connectivity index (χ3v) is 6.99. The van der Waals surface area contributed by atoms with Crippen molar-refractivity contribution in [3.63, 3.8) is 0 Å². The second-order valence-electron chi connectivity index (χ2n) is 7.21. The molecule has 6 nitrogen and oxygen atoms in total. The van der Waals surface area contributed by atoms with Crippen molar-refractivity contribution in [3.05, 3.63) is 66.6 Å². The summed E-state index contributed by atoms with van der Waals surface area (Å²) in [5, 5.41) is 3.89. The number of imidazole rings is 1. The van der Waals surface area contributed by atoms with E-state index in [2.05, 4.69) is 15.1 Å². The summed E-state index contributed by atoms with van der Waals surface area (Å²) in [5.41, 5.74) is 1.39. The Kier molecular flexibility index (Phi) is 5.04. The van der Waals surface area contributed by atoms with Crippen molar-refractivity contribution in [1.29, 1.82) is 0 Å². The van der Waals surface area contributed by atoms with Crippen LogP contribution in [0.3, 0.4) is 0 Å². The van der Waals surface area contributed by atoms with E-state index in [-0.39, 0.29) is 10.5 Å². The largest absolute Gasteiger partial charge is 0.417 e. The number of fused-ring (bicyclic) bond motifs is 1. The molecular formula is C21H17F3N4O2S. The first kappa shape index (κ1) is 21.0. The van der Waals surface area contributed by atoms with Crippen molar-refractivity contribution in [3.8, 4) is 22.5 Å². The van der Waals surface area contributed by atoms with Crippen LogP contribution in [0.2, 0.25) is 0 Å². The topological polar surface area (TPSA) is 77.2 Å². The van der Waals surface area contributed by atoms with Crippen LogP contribution in [-0.2, 0) is 16.0 Å². The minimum absolute atomic E-state index is 0.212. The van der Waals surface area contributed by atoms with E-state index < -0.39 is 26.8 Å². The molecular weight excluding hydrogens is 429 g/mol. The number of hydrogen-bond donors (Lipinski definition) is 0. The van der Waals surface area contributed by atoms with Gasteiger partial charge in [0.05, 0.1) is 33.3 Å². The first-order valence-corrected chi connectivity index (χ1v) is 10.8. The zero-order valence-corrected chi connectivity index (χ0v) is 17.3. The third-order valence-electron chi connectivity index (χ3n) is 4.82. The number of alkyl halides is 3. The lowest BCUT2D eigenvalue weighted by atomic mass is 10.1. The summed E-state index contributed by atoms with van der Waals surface area (Å²) >= 11 is 0. The molecule has 3 aromatic heterocycles. The molecule has 0 spiro atoms. The summed E-state index contributed by atoms with van der Waals surface area (Å²) < 4.78 is 65.2. The van der Waals surface area contributed by atoms with Gasteiger partial charge in [-0.25, -0.2) is 17.9 Å². The normalized spacial score (nSPS) is 12.6. The molecule has 4 rings (SSSR count). The smallest absolute Gasteiger partial charge is 0.263 e. The average molecular weight is 446 g/mol. The standard InChI is InChI=1S/C21H17F3N4O2S/c1-13(2)31(29,30)17-5-3-14(4-6-17)19-12-26-20-8-7-18(27-28(19)20)15-9-16(11-25-10-15)21(22,23)24/h3-13H,1-2H3. The Morgan fingerprint density at radius 1 is 0.935 bits per heavy atom. The van der Waals surface area contributed by atoms with Crippen molar-refractivity contribution in [1.82, 2.24) is 19.6 Å². The molecule has 160 valence electrons. The van der Waals surface area contributed by atoms with Crippen molar-refractivity contribution in [2.24, 2.45) is 0 Å². The van der Waals surface area contributed by atoms with E-state index in [9.17, 15) is 21.6 Å². The highest BCUT2D eigenvalue weighted by molar-refractivity contribution is 7.92. The Morgan fingerprint density at radius 3 is 2.29 bits per heavy atom. The molecule has 0 atom stereocenters. The second-order valence-corrected chi connectivity index (χ2v) is 9.71. The summed E-state index contributed by atoms with van der Waals surface area (Å²) in [7, 11) is -3.40. The van der Waals surface area contributed by atoms with Gasteiger partial charge in [-0.2, -0.15) is 18.3 Å². The maximum absolute atomic E-state index is 13.0. The molecule has 10 heteroatoms. The average Bonchev–Trinajstić information content (AvgIpc) is 3.16. The molecule has 0 N–H and O–H groups in total. The first-order valence-electron chi connectivity index (χ1n) is 9.29. The Bertz CT molecular complexity index is 1360. The van der Waals surface area contributed by atoms with Gasteiger partial charge in [0.25, 0.3) is 0 Å². The van der Waals surface area contributed by atoms with Gasteiger partial charge in [0.2, 0.25) is 0 Å². The van der Waals surface area contributed by atoms with Crippen LogP contribution in [0.1, 0.15) is 19.4 Å². The SMILES string of the molecule is CC(C)S(=O)(=O)c1ccc(-c2cnc3ccc(-c4cncc(C(F)(F)F)c4)nn23)cc1. The van der Waals surface area contributed by atoms with Gasteiger partial charge in [0.1, 0.15) is 0 Å². The molecule has 4 aromatic rings. The third kappa shape index (κ3) is 3.90. The van der Waals surface area contributed by atoms with Crippen LogP contribution < -0.4 is 0 Å². The second kappa shape index (κ2) is 7.45. The fourth-order valence-electron chi connectivity index (χ4n) is 3.05. The number of rotatable bonds is 4. The highest BCUT2D eigenvalue weighted by Crippen LogP contribution is 2.31. The van der Waals surface area contributed by atoms with E-state index in [0.29, 0.717) is 22.6 Å². The highest BCUT2D eigenvalue weighted by Gasteiger charge is 2.31. The summed E-state index contributed by atoms with van der Waals surface area (Å²) in [6.45, 7) is 3.23. The van der Waals surface area contributed by atoms with Crippen LogP contribution in [0.25, 0.3) is 28.2 Å². The van der Waals surface area contributed by atoms with E-state index in [0.717, 1.165) is 12.3 Å². The molecule has 0 aliphatic heterocycles. The van der Waals surface area contributed by atoms with Gasteiger partial charge in [-0.15, -0.1) is 0 Å². The number of hydrogen-bond acceptors (Lipinski definition) is 5. The van der Waals surface area contributed by atoms with Crippen molar-refractivity contribution in [2.75, 3.05) is 0 Å². The minimum Gasteiger partial charge on any atom is -0.263 e. The molecule has 0 unspecified atom stereocenters. The van der Waals surface area contributed by atoms with E-state index in [1.807, 2.05) is 0 Å². The number of aromatic nitrogens is 4.